The molecule has 0 bridgehead atoms. The quantitative estimate of drug-likeness (QED) is 0.660. The summed E-state index contributed by atoms with van der Waals surface area (Å²) in [6, 6.07) is -0.276. The number of aromatic nitrogens is 2. The van der Waals surface area contributed by atoms with E-state index >= 15 is 0 Å². The van der Waals surface area contributed by atoms with Crippen LogP contribution in [0.4, 0.5) is 5.69 Å². The SMILES string of the molecule is CO[C@H]1CN[C@H](C(=O)Nc2cnn(CCC(=O)O)c2)C1. The van der Waals surface area contributed by atoms with E-state index in [4.69, 9.17) is 9.84 Å². The molecule has 20 heavy (non-hydrogen) atoms. The predicted molar refractivity (Wildman–Crippen MR) is 70.3 cm³/mol. The van der Waals surface area contributed by atoms with Gasteiger partial charge in [-0.2, -0.15) is 5.10 Å². The lowest BCUT2D eigenvalue weighted by molar-refractivity contribution is -0.137. The Morgan fingerprint density at radius 1 is 1.65 bits per heavy atom. The molecule has 3 N–H and O–H groups in total. The normalized spacial score (nSPS) is 21.9. The van der Waals surface area contributed by atoms with Crippen LogP contribution in [0, 0.1) is 0 Å². The number of hydrogen-bond acceptors (Lipinski definition) is 5. The van der Waals surface area contributed by atoms with Crippen LogP contribution >= 0.6 is 0 Å². The van der Waals surface area contributed by atoms with E-state index in [-0.39, 0.29) is 31.0 Å². The van der Waals surface area contributed by atoms with Gasteiger partial charge in [0, 0.05) is 19.9 Å². The number of carboxylic acids is 1. The molecular weight excluding hydrogens is 264 g/mol. The fraction of sp³-hybridized carbons (Fsp3) is 0.583. The van der Waals surface area contributed by atoms with Crippen LogP contribution in [0.2, 0.25) is 0 Å². The number of carbonyl (C=O) groups is 2. The smallest absolute Gasteiger partial charge is 0.305 e. The third-order valence-electron chi connectivity index (χ3n) is 3.20. The van der Waals surface area contributed by atoms with E-state index in [9.17, 15) is 9.59 Å². The number of ether oxygens (including phenoxy) is 1. The minimum atomic E-state index is -0.883. The first-order valence-electron chi connectivity index (χ1n) is 6.39. The molecule has 1 saturated heterocycles. The molecular formula is C12H18N4O4. The number of nitrogens with zero attached hydrogens (tertiary/aromatic N) is 2. The molecule has 110 valence electrons. The summed E-state index contributed by atoms with van der Waals surface area (Å²) in [4.78, 5) is 22.5. The van der Waals surface area contributed by atoms with Crippen molar-refractivity contribution >= 4 is 17.6 Å². The fourth-order valence-corrected chi connectivity index (χ4v) is 2.07. The lowest BCUT2D eigenvalue weighted by Gasteiger charge is -2.09. The van der Waals surface area contributed by atoms with Crippen molar-refractivity contribution in [3.8, 4) is 0 Å². The van der Waals surface area contributed by atoms with Crippen molar-refractivity contribution in [1.82, 2.24) is 15.1 Å². The number of nitrogens with one attached hydrogen (secondary N) is 2. The highest BCUT2D eigenvalue weighted by Crippen LogP contribution is 2.12. The summed E-state index contributed by atoms with van der Waals surface area (Å²) >= 11 is 0. The first kappa shape index (κ1) is 14.5. The zero-order chi connectivity index (χ0) is 14.5. The summed E-state index contributed by atoms with van der Waals surface area (Å²) in [5.74, 6) is -1.02. The Labute approximate surface area is 116 Å². The lowest BCUT2D eigenvalue weighted by Crippen LogP contribution is -2.35. The second kappa shape index (κ2) is 6.49. The van der Waals surface area contributed by atoms with E-state index in [1.165, 1.54) is 10.9 Å². The number of carbonyl (C=O) groups excluding carboxylic acids is 1. The van der Waals surface area contributed by atoms with E-state index in [0.29, 0.717) is 18.7 Å². The van der Waals surface area contributed by atoms with Crippen LogP contribution in [0.5, 0.6) is 0 Å². The van der Waals surface area contributed by atoms with Gasteiger partial charge < -0.3 is 20.5 Å². The van der Waals surface area contributed by atoms with Gasteiger partial charge in [-0.3, -0.25) is 14.3 Å². The monoisotopic (exact) mass is 282 g/mol. The third kappa shape index (κ3) is 3.78. The highest BCUT2D eigenvalue weighted by atomic mass is 16.5. The number of aryl methyl sites for hydroxylation is 1. The molecule has 1 aliphatic heterocycles. The van der Waals surface area contributed by atoms with Gasteiger partial charge in [-0.15, -0.1) is 0 Å². The minimum Gasteiger partial charge on any atom is -0.481 e. The van der Waals surface area contributed by atoms with Crippen LogP contribution in [0.1, 0.15) is 12.8 Å². The van der Waals surface area contributed by atoms with Gasteiger partial charge in [-0.25, -0.2) is 0 Å². The molecule has 0 unspecified atom stereocenters. The molecule has 0 aliphatic carbocycles. The van der Waals surface area contributed by atoms with E-state index in [0.717, 1.165) is 0 Å². The third-order valence-corrected chi connectivity index (χ3v) is 3.20. The average molecular weight is 282 g/mol. The first-order chi connectivity index (χ1) is 9.58. The molecule has 0 radical (unpaired) electrons. The number of rotatable bonds is 6. The molecule has 2 rings (SSSR count). The lowest BCUT2D eigenvalue weighted by atomic mass is 10.2. The summed E-state index contributed by atoms with van der Waals surface area (Å²) in [6.45, 7) is 0.936. The Kier molecular flexibility index (Phi) is 4.70. The Balaban J connectivity index is 1.84. The Hall–Kier alpha value is -1.93. The van der Waals surface area contributed by atoms with Crippen LogP contribution in [0.25, 0.3) is 0 Å². The fourth-order valence-electron chi connectivity index (χ4n) is 2.07. The van der Waals surface area contributed by atoms with Crippen LogP contribution in [-0.4, -0.2) is 52.6 Å². The molecule has 1 fully saturated rings. The van der Waals surface area contributed by atoms with Crippen molar-refractivity contribution < 1.29 is 19.4 Å². The minimum absolute atomic E-state index is 0.00519. The van der Waals surface area contributed by atoms with Crippen LogP contribution in [0.3, 0.4) is 0 Å². The van der Waals surface area contributed by atoms with Gasteiger partial charge in [0.15, 0.2) is 0 Å². The van der Waals surface area contributed by atoms with Crippen molar-refractivity contribution in [3.05, 3.63) is 12.4 Å². The van der Waals surface area contributed by atoms with E-state index in [2.05, 4.69) is 15.7 Å². The number of anilines is 1. The number of hydrogen-bond donors (Lipinski definition) is 3. The summed E-state index contributed by atoms with van der Waals surface area (Å²) in [7, 11) is 1.62. The topological polar surface area (TPSA) is 105 Å². The molecule has 1 amide bonds. The largest absolute Gasteiger partial charge is 0.481 e. The predicted octanol–water partition coefficient (Wildman–Crippen LogP) is -0.327. The second-order valence-corrected chi connectivity index (χ2v) is 4.68. The number of methoxy groups -OCH3 is 1. The standard InChI is InChI=1S/C12H18N4O4/c1-20-9-4-10(13-6-9)12(19)15-8-5-14-16(7-8)3-2-11(17)18/h5,7,9-10,13H,2-4,6H2,1H3,(H,15,19)(H,17,18)/t9-,10+/m1/s1. The van der Waals surface area contributed by atoms with Gasteiger partial charge in [-0.05, 0) is 6.42 Å². The maximum Gasteiger partial charge on any atom is 0.305 e. The molecule has 8 nitrogen and oxygen atoms in total. The van der Waals surface area contributed by atoms with Gasteiger partial charge in [0.2, 0.25) is 5.91 Å². The summed E-state index contributed by atoms with van der Waals surface area (Å²) in [6.07, 6.45) is 3.81. The van der Waals surface area contributed by atoms with Crippen molar-refractivity contribution in [2.24, 2.45) is 0 Å². The molecule has 8 heteroatoms. The van der Waals surface area contributed by atoms with Gasteiger partial charge >= 0.3 is 5.97 Å². The first-order valence-corrected chi connectivity index (χ1v) is 6.39. The van der Waals surface area contributed by atoms with Crippen LogP contribution < -0.4 is 10.6 Å². The molecule has 1 aliphatic rings. The highest BCUT2D eigenvalue weighted by Gasteiger charge is 2.29. The Morgan fingerprint density at radius 3 is 3.10 bits per heavy atom. The average Bonchev–Trinajstić information content (AvgIpc) is 3.05. The van der Waals surface area contributed by atoms with Crippen LogP contribution in [-0.2, 0) is 20.9 Å². The summed E-state index contributed by atoms with van der Waals surface area (Å²) < 4.78 is 6.68. The van der Waals surface area contributed by atoms with Crippen molar-refractivity contribution in [1.29, 1.82) is 0 Å². The molecule has 1 aromatic heterocycles. The van der Waals surface area contributed by atoms with Gasteiger partial charge in [0.25, 0.3) is 0 Å². The van der Waals surface area contributed by atoms with E-state index in [1.807, 2.05) is 0 Å². The molecule has 0 aromatic carbocycles. The van der Waals surface area contributed by atoms with Gasteiger partial charge in [0.1, 0.15) is 0 Å². The van der Waals surface area contributed by atoms with E-state index < -0.39 is 5.97 Å². The van der Waals surface area contributed by atoms with Gasteiger partial charge in [-0.1, -0.05) is 0 Å². The number of carboxylic acid groups (broad SMARTS) is 1. The van der Waals surface area contributed by atoms with Gasteiger partial charge in [0.05, 0.1) is 37.0 Å². The molecule has 2 heterocycles. The maximum absolute atomic E-state index is 12.0. The molecule has 2 atom stereocenters. The zero-order valence-corrected chi connectivity index (χ0v) is 11.2. The molecule has 0 saturated carbocycles. The maximum atomic E-state index is 12.0. The molecule has 1 aromatic rings. The van der Waals surface area contributed by atoms with Crippen LogP contribution in [0.15, 0.2) is 12.4 Å². The van der Waals surface area contributed by atoms with Crippen molar-refractivity contribution in [2.75, 3.05) is 19.0 Å². The number of aliphatic carboxylic acids is 1. The highest BCUT2D eigenvalue weighted by molar-refractivity contribution is 5.94. The summed E-state index contributed by atoms with van der Waals surface area (Å²) in [5, 5.41) is 18.4. The zero-order valence-electron chi connectivity index (χ0n) is 11.2. The van der Waals surface area contributed by atoms with Crippen molar-refractivity contribution in [3.63, 3.8) is 0 Å². The van der Waals surface area contributed by atoms with Crippen molar-refractivity contribution in [2.45, 2.75) is 31.5 Å². The Bertz CT molecular complexity index is 488. The number of amides is 1. The van der Waals surface area contributed by atoms with E-state index in [1.54, 1.807) is 13.3 Å². The second-order valence-electron chi connectivity index (χ2n) is 4.68. The molecule has 0 spiro atoms. The summed E-state index contributed by atoms with van der Waals surface area (Å²) in [5.41, 5.74) is 0.558. The Morgan fingerprint density at radius 2 is 2.45 bits per heavy atom.